The van der Waals surface area contributed by atoms with Gasteiger partial charge in [-0.25, -0.2) is 0 Å². The maximum atomic E-state index is 11.0. The summed E-state index contributed by atoms with van der Waals surface area (Å²) in [4.78, 5) is 11.0. The van der Waals surface area contributed by atoms with E-state index in [4.69, 9.17) is 14.2 Å². The van der Waals surface area contributed by atoms with Crippen LogP contribution < -0.4 is 0 Å². The molecule has 0 atom stereocenters. The third kappa shape index (κ3) is 5.87. The smallest absolute Gasteiger partial charge is 0.321 e. The number of ether oxygens (including phenoxy) is 3. The van der Waals surface area contributed by atoms with Gasteiger partial charge in [-0.2, -0.15) is 0 Å². The Balaban J connectivity index is 4.23. The predicted molar refractivity (Wildman–Crippen MR) is 57.5 cm³/mol. The Morgan fingerprint density at radius 1 is 0.867 bits per heavy atom. The molecule has 0 amide bonds. The SMILES string of the molecule is CCCOC(C=O)(OCCC)OCCC. The van der Waals surface area contributed by atoms with Gasteiger partial charge < -0.3 is 14.2 Å². The van der Waals surface area contributed by atoms with Gasteiger partial charge in [-0.3, -0.25) is 4.79 Å². The molecule has 0 radical (unpaired) electrons. The second-order valence-corrected chi connectivity index (χ2v) is 3.27. The fraction of sp³-hybridized carbons (Fsp3) is 0.909. The quantitative estimate of drug-likeness (QED) is 0.416. The fourth-order valence-corrected chi connectivity index (χ4v) is 0.960. The topological polar surface area (TPSA) is 44.8 Å². The molecule has 0 aliphatic heterocycles. The predicted octanol–water partition coefficient (Wildman–Crippen LogP) is 2.12. The lowest BCUT2D eigenvalue weighted by Gasteiger charge is -2.27. The van der Waals surface area contributed by atoms with E-state index in [-0.39, 0.29) is 0 Å². The zero-order valence-corrected chi connectivity index (χ0v) is 9.95. The molecule has 0 aromatic heterocycles. The maximum absolute atomic E-state index is 11.0. The zero-order chi connectivity index (χ0) is 11.6. The van der Waals surface area contributed by atoms with Gasteiger partial charge in [0.05, 0.1) is 19.8 Å². The van der Waals surface area contributed by atoms with Crippen LogP contribution in [0.15, 0.2) is 0 Å². The van der Waals surface area contributed by atoms with Gasteiger partial charge in [0.25, 0.3) is 0 Å². The van der Waals surface area contributed by atoms with Crippen molar-refractivity contribution in [2.75, 3.05) is 19.8 Å². The van der Waals surface area contributed by atoms with E-state index in [0.717, 1.165) is 19.3 Å². The fourth-order valence-electron chi connectivity index (χ4n) is 0.960. The summed E-state index contributed by atoms with van der Waals surface area (Å²) in [6.45, 7) is 7.25. The average molecular weight is 218 g/mol. The van der Waals surface area contributed by atoms with Crippen LogP contribution >= 0.6 is 0 Å². The van der Waals surface area contributed by atoms with Crippen molar-refractivity contribution in [2.45, 2.75) is 46.0 Å². The van der Waals surface area contributed by atoms with Crippen LogP contribution in [0.5, 0.6) is 0 Å². The highest BCUT2D eigenvalue weighted by Crippen LogP contribution is 2.14. The molecule has 0 N–H and O–H groups in total. The Kier molecular flexibility index (Phi) is 8.56. The van der Waals surface area contributed by atoms with Crippen molar-refractivity contribution in [3.63, 3.8) is 0 Å². The number of aldehydes is 1. The lowest BCUT2D eigenvalue weighted by molar-refractivity contribution is -0.347. The number of carbonyl (C=O) groups is 1. The minimum absolute atomic E-state index is 0.451. The van der Waals surface area contributed by atoms with Gasteiger partial charge in [0, 0.05) is 0 Å². The Labute approximate surface area is 91.9 Å². The molecule has 0 heterocycles. The number of carbonyl (C=O) groups excluding carboxylic acids is 1. The third-order valence-corrected chi connectivity index (χ3v) is 1.67. The van der Waals surface area contributed by atoms with Gasteiger partial charge in [0.1, 0.15) is 0 Å². The lowest BCUT2D eigenvalue weighted by atomic mass is 10.5. The molecule has 15 heavy (non-hydrogen) atoms. The first-order valence-corrected chi connectivity index (χ1v) is 5.62. The summed E-state index contributed by atoms with van der Waals surface area (Å²) in [5.41, 5.74) is 0. The summed E-state index contributed by atoms with van der Waals surface area (Å²) in [6.07, 6.45) is 3.05. The molecule has 0 fully saturated rings. The third-order valence-electron chi connectivity index (χ3n) is 1.67. The van der Waals surface area contributed by atoms with E-state index in [0.29, 0.717) is 26.1 Å². The van der Waals surface area contributed by atoms with Gasteiger partial charge in [0.15, 0.2) is 0 Å². The van der Waals surface area contributed by atoms with Crippen LogP contribution in [0.3, 0.4) is 0 Å². The largest absolute Gasteiger partial charge is 0.343 e. The number of hydrogen-bond acceptors (Lipinski definition) is 4. The Hall–Kier alpha value is -0.450. The Morgan fingerprint density at radius 3 is 1.40 bits per heavy atom. The van der Waals surface area contributed by atoms with E-state index in [1.165, 1.54) is 0 Å². The molecule has 0 aliphatic rings. The van der Waals surface area contributed by atoms with Crippen LogP contribution in [0.2, 0.25) is 0 Å². The highest BCUT2D eigenvalue weighted by Gasteiger charge is 2.32. The standard InChI is InChI=1S/C11H22O4/c1-4-7-13-11(10-12,14-8-5-2)15-9-6-3/h10H,4-9H2,1-3H3. The molecular formula is C11H22O4. The molecule has 4 nitrogen and oxygen atoms in total. The second-order valence-electron chi connectivity index (χ2n) is 3.27. The second kappa shape index (κ2) is 8.83. The van der Waals surface area contributed by atoms with Crippen molar-refractivity contribution in [3.8, 4) is 0 Å². The van der Waals surface area contributed by atoms with Gasteiger partial charge in [-0.15, -0.1) is 0 Å². The first-order valence-electron chi connectivity index (χ1n) is 5.62. The Morgan fingerprint density at radius 2 is 1.20 bits per heavy atom. The summed E-state index contributed by atoms with van der Waals surface area (Å²) in [6, 6.07) is 0. The maximum Gasteiger partial charge on any atom is 0.343 e. The zero-order valence-electron chi connectivity index (χ0n) is 9.95. The average Bonchev–Trinajstić information content (AvgIpc) is 2.29. The van der Waals surface area contributed by atoms with Crippen molar-refractivity contribution in [3.05, 3.63) is 0 Å². The molecule has 0 rings (SSSR count). The monoisotopic (exact) mass is 218 g/mol. The normalized spacial score (nSPS) is 11.7. The summed E-state index contributed by atoms with van der Waals surface area (Å²) in [5, 5.41) is 0. The van der Waals surface area contributed by atoms with E-state index in [1.54, 1.807) is 0 Å². The summed E-state index contributed by atoms with van der Waals surface area (Å²) >= 11 is 0. The molecule has 0 bridgehead atoms. The van der Waals surface area contributed by atoms with Gasteiger partial charge in [-0.05, 0) is 19.3 Å². The molecule has 0 aromatic rings. The van der Waals surface area contributed by atoms with Crippen molar-refractivity contribution in [1.29, 1.82) is 0 Å². The molecule has 0 spiro atoms. The summed E-state index contributed by atoms with van der Waals surface area (Å²) < 4.78 is 16.0. The molecule has 0 unspecified atom stereocenters. The molecule has 4 heteroatoms. The highest BCUT2D eigenvalue weighted by molar-refractivity contribution is 5.57. The van der Waals surface area contributed by atoms with Crippen molar-refractivity contribution in [1.82, 2.24) is 0 Å². The van der Waals surface area contributed by atoms with Crippen LogP contribution in [0, 0.1) is 0 Å². The Bertz CT molecular complexity index is 137. The van der Waals surface area contributed by atoms with E-state index < -0.39 is 5.97 Å². The molecule has 0 aromatic carbocycles. The van der Waals surface area contributed by atoms with Crippen LogP contribution in [-0.4, -0.2) is 32.1 Å². The van der Waals surface area contributed by atoms with E-state index in [1.807, 2.05) is 20.8 Å². The minimum atomic E-state index is -1.48. The number of hydrogen-bond donors (Lipinski definition) is 0. The van der Waals surface area contributed by atoms with Crippen LogP contribution in [0.25, 0.3) is 0 Å². The van der Waals surface area contributed by atoms with Gasteiger partial charge >= 0.3 is 5.97 Å². The van der Waals surface area contributed by atoms with Crippen LogP contribution in [0.4, 0.5) is 0 Å². The van der Waals surface area contributed by atoms with Gasteiger partial charge in [0.2, 0.25) is 6.29 Å². The lowest BCUT2D eigenvalue weighted by Crippen LogP contribution is -2.41. The highest BCUT2D eigenvalue weighted by atomic mass is 16.9. The van der Waals surface area contributed by atoms with Crippen molar-refractivity contribution < 1.29 is 19.0 Å². The molecule has 90 valence electrons. The van der Waals surface area contributed by atoms with E-state index >= 15 is 0 Å². The van der Waals surface area contributed by atoms with E-state index in [2.05, 4.69) is 0 Å². The first-order chi connectivity index (χ1) is 7.24. The number of rotatable bonds is 10. The first kappa shape index (κ1) is 14.6. The van der Waals surface area contributed by atoms with Crippen molar-refractivity contribution >= 4 is 6.29 Å². The summed E-state index contributed by atoms with van der Waals surface area (Å²) in [5.74, 6) is -1.48. The molecule has 0 saturated carbocycles. The van der Waals surface area contributed by atoms with Crippen LogP contribution in [-0.2, 0) is 19.0 Å². The van der Waals surface area contributed by atoms with Gasteiger partial charge in [-0.1, -0.05) is 20.8 Å². The molecule has 0 aliphatic carbocycles. The minimum Gasteiger partial charge on any atom is -0.321 e. The molecule has 0 saturated heterocycles. The molecular weight excluding hydrogens is 196 g/mol. The summed E-state index contributed by atoms with van der Waals surface area (Å²) in [7, 11) is 0. The van der Waals surface area contributed by atoms with E-state index in [9.17, 15) is 4.79 Å². The van der Waals surface area contributed by atoms with Crippen molar-refractivity contribution in [2.24, 2.45) is 0 Å². The van der Waals surface area contributed by atoms with Crippen LogP contribution in [0.1, 0.15) is 40.0 Å².